The molecule has 3 aromatic carbocycles. The first kappa shape index (κ1) is 35.6. The maximum Gasteiger partial charge on any atom is 0.338 e. The van der Waals surface area contributed by atoms with Crippen LogP contribution in [0.15, 0.2) is 103 Å². The SMILES string of the molecule is C=C(C)C(=O)Oc1ccc(-c2ccc(-c3ccc(OC(=O)C(=C)C)cc3C3CCC(C4CCC(OC(=O)C(=C)CO)CC4)CC3)cc2)cc1. The van der Waals surface area contributed by atoms with Gasteiger partial charge in [0.1, 0.15) is 17.6 Å². The summed E-state index contributed by atoms with van der Waals surface area (Å²) in [5, 5.41) is 9.16. The van der Waals surface area contributed by atoms with Crippen molar-refractivity contribution in [3.05, 3.63) is 109 Å². The van der Waals surface area contributed by atoms with Crippen molar-refractivity contribution in [2.75, 3.05) is 6.61 Å². The summed E-state index contributed by atoms with van der Waals surface area (Å²) in [6, 6.07) is 21.8. The summed E-state index contributed by atoms with van der Waals surface area (Å²) >= 11 is 0. The number of aliphatic hydroxyl groups excluding tert-OH is 1. The van der Waals surface area contributed by atoms with Crippen molar-refractivity contribution in [2.24, 2.45) is 11.8 Å². The van der Waals surface area contributed by atoms with Gasteiger partial charge in [-0.25, -0.2) is 14.4 Å². The maximum absolute atomic E-state index is 12.4. The molecule has 0 unspecified atom stereocenters. The summed E-state index contributed by atoms with van der Waals surface area (Å²) in [7, 11) is 0. The van der Waals surface area contributed by atoms with Crippen LogP contribution in [0, 0.1) is 11.8 Å². The molecule has 0 bridgehead atoms. The third kappa shape index (κ3) is 9.04. The van der Waals surface area contributed by atoms with Gasteiger partial charge in [0.2, 0.25) is 0 Å². The topological polar surface area (TPSA) is 99.1 Å². The van der Waals surface area contributed by atoms with Gasteiger partial charge in [0.05, 0.1) is 12.2 Å². The number of benzene rings is 3. The Bertz CT molecular complexity index is 1700. The van der Waals surface area contributed by atoms with E-state index >= 15 is 0 Å². The zero-order valence-electron chi connectivity index (χ0n) is 28.5. The summed E-state index contributed by atoms with van der Waals surface area (Å²) in [5.74, 6) is 1.18. The Kier molecular flexibility index (Phi) is 11.7. The highest BCUT2D eigenvalue weighted by Crippen LogP contribution is 2.46. The molecule has 0 spiro atoms. The van der Waals surface area contributed by atoms with Crippen LogP contribution in [0.3, 0.4) is 0 Å². The maximum atomic E-state index is 12.4. The van der Waals surface area contributed by atoms with Crippen LogP contribution in [0.25, 0.3) is 22.3 Å². The number of rotatable bonds is 11. The fraction of sp³-hybridized carbons (Fsp3) is 0.357. The highest BCUT2D eigenvalue weighted by Gasteiger charge is 2.33. The molecule has 0 saturated heterocycles. The zero-order valence-corrected chi connectivity index (χ0v) is 28.5. The Morgan fingerprint density at radius 2 is 1.10 bits per heavy atom. The number of carbonyl (C=O) groups is 3. The normalized spacial score (nSPS) is 20.5. The second kappa shape index (κ2) is 16.1. The van der Waals surface area contributed by atoms with Crippen molar-refractivity contribution in [1.29, 1.82) is 0 Å². The highest BCUT2D eigenvalue weighted by atomic mass is 16.5. The van der Waals surface area contributed by atoms with E-state index < -0.39 is 17.9 Å². The number of esters is 3. The Morgan fingerprint density at radius 3 is 1.63 bits per heavy atom. The molecule has 5 rings (SSSR count). The van der Waals surface area contributed by atoms with E-state index in [9.17, 15) is 14.4 Å². The minimum Gasteiger partial charge on any atom is -0.459 e. The van der Waals surface area contributed by atoms with Gasteiger partial charge in [-0.1, -0.05) is 62.2 Å². The molecule has 49 heavy (non-hydrogen) atoms. The minimum absolute atomic E-state index is 0.101. The van der Waals surface area contributed by atoms with Crippen LogP contribution in [0.1, 0.15) is 76.7 Å². The quantitative estimate of drug-likeness (QED) is 0.124. The monoisotopic (exact) mass is 662 g/mol. The minimum atomic E-state index is -0.495. The summed E-state index contributed by atoms with van der Waals surface area (Å²) < 4.78 is 16.6. The fourth-order valence-electron chi connectivity index (χ4n) is 7.03. The molecule has 2 aliphatic rings. The number of ether oxygens (including phenoxy) is 3. The van der Waals surface area contributed by atoms with Crippen LogP contribution in [0.4, 0.5) is 0 Å². The van der Waals surface area contributed by atoms with Crippen LogP contribution < -0.4 is 9.47 Å². The van der Waals surface area contributed by atoms with Crippen LogP contribution >= 0.6 is 0 Å². The highest BCUT2D eigenvalue weighted by molar-refractivity contribution is 5.89. The van der Waals surface area contributed by atoms with Crippen molar-refractivity contribution in [3.8, 4) is 33.8 Å². The second-order valence-electron chi connectivity index (χ2n) is 13.5. The Labute approximate surface area is 289 Å². The average molecular weight is 663 g/mol. The molecule has 256 valence electrons. The van der Waals surface area contributed by atoms with Gasteiger partial charge in [-0.15, -0.1) is 0 Å². The molecule has 2 fully saturated rings. The molecule has 1 N–H and O–H groups in total. The Hall–Kier alpha value is -4.75. The standard InChI is InChI=1S/C42H46O7/c1-26(2)40(44)47-35-18-14-31(15-19-35)29-6-10-33(11-7-29)38-23-22-37(49-41(45)27(3)4)24-39(38)34-12-8-30(9-13-34)32-16-20-36(21-17-32)48-42(46)28(5)25-43/h6-7,10-11,14-15,18-19,22-24,30,32,34,36,43H,1,3,5,8-9,12-13,16-17,20-21,25H2,2,4H3. The molecule has 2 saturated carbocycles. The van der Waals surface area contributed by atoms with E-state index in [0.717, 1.165) is 73.6 Å². The lowest BCUT2D eigenvalue weighted by atomic mass is 9.69. The molecule has 0 radical (unpaired) electrons. The van der Waals surface area contributed by atoms with E-state index in [0.29, 0.717) is 40.4 Å². The zero-order chi connectivity index (χ0) is 35.1. The third-order valence-electron chi connectivity index (χ3n) is 9.88. The summed E-state index contributed by atoms with van der Waals surface area (Å²) in [5.41, 5.74) is 6.24. The number of hydrogen-bond donors (Lipinski definition) is 1. The molecular weight excluding hydrogens is 616 g/mol. The molecule has 0 aliphatic heterocycles. The number of aliphatic hydroxyl groups is 1. The van der Waals surface area contributed by atoms with E-state index in [-0.39, 0.29) is 18.3 Å². The second-order valence-corrected chi connectivity index (χ2v) is 13.5. The molecule has 0 atom stereocenters. The fourth-order valence-corrected chi connectivity index (χ4v) is 7.03. The predicted octanol–water partition coefficient (Wildman–Crippen LogP) is 8.91. The van der Waals surface area contributed by atoms with Gasteiger partial charge in [0.15, 0.2) is 0 Å². The summed E-state index contributed by atoms with van der Waals surface area (Å²) in [4.78, 5) is 36.3. The van der Waals surface area contributed by atoms with Crippen molar-refractivity contribution in [2.45, 2.75) is 77.2 Å². The van der Waals surface area contributed by atoms with Gasteiger partial charge in [0, 0.05) is 11.1 Å². The third-order valence-corrected chi connectivity index (χ3v) is 9.88. The van der Waals surface area contributed by atoms with Crippen molar-refractivity contribution in [3.63, 3.8) is 0 Å². The van der Waals surface area contributed by atoms with E-state index in [1.165, 1.54) is 5.56 Å². The average Bonchev–Trinajstić information content (AvgIpc) is 3.12. The van der Waals surface area contributed by atoms with Crippen LogP contribution in [0.2, 0.25) is 0 Å². The van der Waals surface area contributed by atoms with E-state index in [2.05, 4.69) is 50.1 Å². The van der Waals surface area contributed by atoms with Crippen molar-refractivity contribution in [1.82, 2.24) is 0 Å². The van der Waals surface area contributed by atoms with Crippen molar-refractivity contribution >= 4 is 17.9 Å². The smallest absolute Gasteiger partial charge is 0.338 e. The first-order valence-corrected chi connectivity index (χ1v) is 17.1. The van der Waals surface area contributed by atoms with Gasteiger partial charge < -0.3 is 19.3 Å². The molecule has 0 aromatic heterocycles. The first-order chi connectivity index (χ1) is 23.5. The predicted molar refractivity (Wildman–Crippen MR) is 191 cm³/mol. The molecule has 3 aromatic rings. The van der Waals surface area contributed by atoms with Gasteiger partial charge >= 0.3 is 17.9 Å². The van der Waals surface area contributed by atoms with E-state index in [1.807, 2.05) is 24.3 Å². The lowest BCUT2D eigenvalue weighted by molar-refractivity contribution is -0.147. The largest absolute Gasteiger partial charge is 0.459 e. The van der Waals surface area contributed by atoms with Crippen LogP contribution in [0.5, 0.6) is 11.5 Å². The van der Waals surface area contributed by atoms with Crippen LogP contribution in [-0.2, 0) is 19.1 Å². The van der Waals surface area contributed by atoms with Crippen molar-refractivity contribution < 1.29 is 33.7 Å². The molecule has 0 heterocycles. The van der Waals surface area contributed by atoms with Gasteiger partial charge in [-0.3, -0.25) is 0 Å². The van der Waals surface area contributed by atoms with Gasteiger partial charge in [-0.2, -0.15) is 0 Å². The Morgan fingerprint density at radius 1 is 0.633 bits per heavy atom. The molecule has 2 aliphatic carbocycles. The molecule has 0 amide bonds. The van der Waals surface area contributed by atoms with Gasteiger partial charge in [-0.05, 0) is 135 Å². The Balaban J connectivity index is 1.28. The van der Waals surface area contributed by atoms with E-state index in [4.69, 9.17) is 19.3 Å². The van der Waals surface area contributed by atoms with E-state index in [1.54, 1.807) is 26.0 Å². The first-order valence-electron chi connectivity index (χ1n) is 17.1. The molecular formula is C42H46O7. The van der Waals surface area contributed by atoms with Crippen LogP contribution in [-0.4, -0.2) is 35.7 Å². The lowest BCUT2D eigenvalue weighted by Gasteiger charge is -2.38. The summed E-state index contributed by atoms with van der Waals surface area (Å²) in [6.07, 6.45) is 7.97. The number of carbonyl (C=O) groups excluding carboxylic acids is 3. The molecule has 7 nitrogen and oxygen atoms in total. The summed E-state index contributed by atoms with van der Waals surface area (Å²) in [6.45, 7) is 13.8. The molecule has 7 heteroatoms. The van der Waals surface area contributed by atoms with Gasteiger partial charge in [0.25, 0.3) is 0 Å². The lowest BCUT2D eigenvalue weighted by Crippen LogP contribution is -2.30. The number of hydrogen-bond acceptors (Lipinski definition) is 7.